The van der Waals surface area contributed by atoms with Crippen molar-refractivity contribution >= 4 is 5.69 Å². The summed E-state index contributed by atoms with van der Waals surface area (Å²) in [5, 5.41) is 10.2. The van der Waals surface area contributed by atoms with Crippen molar-refractivity contribution in [3.8, 4) is 28.4 Å². The third kappa shape index (κ3) is 6.24. The summed E-state index contributed by atoms with van der Waals surface area (Å²) < 4.78 is 105. The molecule has 0 saturated heterocycles. The number of aliphatic hydroxyl groups is 1. The Labute approximate surface area is 213 Å². The Hall–Kier alpha value is -3.67. The molecular weight excluding hydrogens is 523 g/mol. The SMILES string of the molecule is C[C@@H](O)CN1c2cccc(-c3cccc(OC(F)(F)F)c3)c2OC[C@@H]1c1cccc(OC(F)(F)C(F)F)c1. The molecule has 1 heterocycles. The first-order valence-electron chi connectivity index (χ1n) is 11.4. The van der Waals surface area contributed by atoms with Crippen molar-refractivity contribution in [2.45, 2.75) is 38.0 Å². The number of halogens is 7. The summed E-state index contributed by atoms with van der Waals surface area (Å²) in [5.74, 6) is -0.574. The number of nitrogens with zero attached hydrogens (tertiary/aromatic N) is 1. The van der Waals surface area contributed by atoms with Gasteiger partial charge in [0.05, 0.1) is 17.8 Å². The number of hydrogen-bond donors (Lipinski definition) is 1. The van der Waals surface area contributed by atoms with E-state index in [1.807, 2.05) is 0 Å². The van der Waals surface area contributed by atoms with Crippen molar-refractivity contribution in [2.24, 2.45) is 0 Å². The minimum Gasteiger partial charge on any atom is -0.488 e. The molecule has 0 radical (unpaired) electrons. The smallest absolute Gasteiger partial charge is 0.488 e. The first kappa shape index (κ1) is 27.4. The molecule has 5 nitrogen and oxygen atoms in total. The summed E-state index contributed by atoms with van der Waals surface area (Å²) >= 11 is 0. The Bertz CT molecular complexity index is 1270. The van der Waals surface area contributed by atoms with E-state index in [0.717, 1.165) is 12.1 Å². The Balaban J connectivity index is 1.71. The van der Waals surface area contributed by atoms with Gasteiger partial charge in [-0.05, 0) is 48.4 Å². The Morgan fingerprint density at radius 1 is 0.947 bits per heavy atom. The molecule has 2 atom stereocenters. The van der Waals surface area contributed by atoms with Crippen molar-refractivity contribution in [2.75, 3.05) is 18.1 Å². The van der Waals surface area contributed by atoms with Gasteiger partial charge >= 0.3 is 18.9 Å². The van der Waals surface area contributed by atoms with Gasteiger partial charge in [0.1, 0.15) is 18.1 Å². The van der Waals surface area contributed by atoms with E-state index in [0.29, 0.717) is 28.1 Å². The van der Waals surface area contributed by atoms with Gasteiger partial charge in [0.2, 0.25) is 0 Å². The standard InChI is InChI=1S/C26H22F7NO4/c1-15(35)13-34-21-10-4-9-20(16-5-2-8-19(11-16)38-26(31,32)33)23(21)36-14-22(34)17-6-3-7-18(12-17)37-25(29,30)24(27)28/h2-12,15,22,24,35H,13-14H2,1H3/t15-,22-/m1/s1. The molecule has 0 spiro atoms. The van der Waals surface area contributed by atoms with Crippen LogP contribution in [0.5, 0.6) is 17.2 Å². The van der Waals surface area contributed by atoms with Gasteiger partial charge in [-0.1, -0.05) is 36.4 Å². The van der Waals surface area contributed by atoms with Crippen molar-refractivity contribution in [3.05, 3.63) is 72.3 Å². The first-order chi connectivity index (χ1) is 17.8. The number of aliphatic hydroxyl groups excluding tert-OH is 1. The molecule has 12 heteroatoms. The lowest BCUT2D eigenvalue weighted by Crippen LogP contribution is -2.40. The predicted octanol–water partition coefficient (Wildman–Crippen LogP) is 6.81. The quantitative estimate of drug-likeness (QED) is 0.315. The number of alkyl halides is 7. The van der Waals surface area contributed by atoms with E-state index in [1.165, 1.54) is 31.2 Å². The molecule has 0 saturated carbocycles. The van der Waals surface area contributed by atoms with Gasteiger partial charge in [-0.15, -0.1) is 13.2 Å². The average Bonchev–Trinajstić information content (AvgIpc) is 2.82. The summed E-state index contributed by atoms with van der Waals surface area (Å²) in [6.07, 6.45) is -14.4. The average molecular weight is 545 g/mol. The molecular formula is C26H22F7NO4. The Morgan fingerprint density at radius 3 is 2.26 bits per heavy atom. The summed E-state index contributed by atoms with van der Waals surface area (Å²) in [7, 11) is 0. The maximum Gasteiger partial charge on any atom is 0.573 e. The number of anilines is 1. The monoisotopic (exact) mass is 545 g/mol. The molecule has 1 aliphatic heterocycles. The summed E-state index contributed by atoms with van der Waals surface area (Å²) in [6, 6.07) is 14.9. The summed E-state index contributed by atoms with van der Waals surface area (Å²) in [6.45, 7) is 1.56. The van der Waals surface area contributed by atoms with Crippen LogP contribution in [0.2, 0.25) is 0 Å². The summed E-state index contributed by atoms with van der Waals surface area (Å²) in [5.41, 5.74) is 1.71. The molecule has 3 aromatic rings. The maximum atomic E-state index is 13.5. The zero-order chi connectivity index (χ0) is 27.7. The van der Waals surface area contributed by atoms with Crippen LogP contribution >= 0.6 is 0 Å². The van der Waals surface area contributed by atoms with Crippen molar-refractivity contribution in [1.82, 2.24) is 0 Å². The largest absolute Gasteiger partial charge is 0.573 e. The van der Waals surface area contributed by atoms with E-state index in [9.17, 15) is 35.8 Å². The highest BCUT2D eigenvalue weighted by Gasteiger charge is 2.44. The van der Waals surface area contributed by atoms with Gasteiger partial charge in [0.25, 0.3) is 0 Å². The van der Waals surface area contributed by atoms with Gasteiger partial charge in [-0.25, -0.2) is 0 Å². The van der Waals surface area contributed by atoms with Crippen LogP contribution in [-0.2, 0) is 0 Å². The fourth-order valence-corrected chi connectivity index (χ4v) is 4.18. The van der Waals surface area contributed by atoms with Gasteiger partial charge in [0, 0.05) is 12.1 Å². The number of β-amino-alcohol motifs (C(OH)–C–C–N with tert-alkyl or cyclic N) is 1. The molecule has 38 heavy (non-hydrogen) atoms. The molecule has 0 aliphatic carbocycles. The first-order valence-corrected chi connectivity index (χ1v) is 11.4. The fourth-order valence-electron chi connectivity index (χ4n) is 4.18. The normalized spacial score (nSPS) is 16.6. The molecule has 0 amide bonds. The van der Waals surface area contributed by atoms with Crippen LogP contribution in [0, 0.1) is 0 Å². The molecule has 0 bridgehead atoms. The van der Waals surface area contributed by atoms with E-state index in [2.05, 4.69) is 9.47 Å². The molecule has 3 aromatic carbocycles. The van der Waals surface area contributed by atoms with Crippen molar-refractivity contribution in [3.63, 3.8) is 0 Å². The maximum absolute atomic E-state index is 13.5. The van der Waals surface area contributed by atoms with Gasteiger partial charge in [-0.3, -0.25) is 0 Å². The minimum absolute atomic E-state index is 0.0514. The van der Waals surface area contributed by atoms with Crippen LogP contribution in [0.3, 0.4) is 0 Å². The fraction of sp³-hybridized carbons (Fsp3) is 0.308. The molecule has 1 aliphatic rings. The number of fused-ring (bicyclic) bond motifs is 1. The predicted molar refractivity (Wildman–Crippen MR) is 124 cm³/mol. The molecule has 0 fully saturated rings. The lowest BCUT2D eigenvalue weighted by molar-refractivity contribution is -0.274. The third-order valence-corrected chi connectivity index (χ3v) is 5.66. The molecule has 1 N–H and O–H groups in total. The summed E-state index contributed by atoms with van der Waals surface area (Å²) in [4.78, 5) is 1.74. The van der Waals surface area contributed by atoms with Gasteiger partial charge in [0.15, 0.2) is 5.75 Å². The highest BCUT2D eigenvalue weighted by atomic mass is 19.4. The minimum atomic E-state index is -4.87. The number of ether oxygens (including phenoxy) is 3. The van der Waals surface area contributed by atoms with Crippen LogP contribution in [0.25, 0.3) is 11.1 Å². The van der Waals surface area contributed by atoms with E-state index in [-0.39, 0.29) is 13.2 Å². The second-order valence-electron chi connectivity index (χ2n) is 8.59. The van der Waals surface area contributed by atoms with Crippen LogP contribution in [0.1, 0.15) is 18.5 Å². The Morgan fingerprint density at radius 2 is 1.61 bits per heavy atom. The molecule has 204 valence electrons. The zero-order valence-electron chi connectivity index (χ0n) is 19.8. The lowest BCUT2D eigenvalue weighted by Gasteiger charge is -2.40. The van der Waals surface area contributed by atoms with Gasteiger partial charge < -0.3 is 24.2 Å². The highest BCUT2D eigenvalue weighted by Crippen LogP contribution is 2.46. The topological polar surface area (TPSA) is 51.2 Å². The van der Waals surface area contributed by atoms with Crippen LogP contribution < -0.4 is 19.1 Å². The van der Waals surface area contributed by atoms with Crippen molar-refractivity contribution < 1.29 is 50.1 Å². The molecule has 0 aromatic heterocycles. The van der Waals surface area contributed by atoms with Crippen LogP contribution in [0.15, 0.2) is 66.7 Å². The molecule has 0 unspecified atom stereocenters. The van der Waals surface area contributed by atoms with E-state index < -0.39 is 42.5 Å². The second kappa shape index (κ2) is 10.6. The Kier molecular flexibility index (Phi) is 7.63. The van der Waals surface area contributed by atoms with Gasteiger partial charge in [-0.2, -0.15) is 17.6 Å². The second-order valence-corrected chi connectivity index (χ2v) is 8.59. The van der Waals surface area contributed by atoms with E-state index >= 15 is 0 Å². The van der Waals surface area contributed by atoms with Crippen molar-refractivity contribution in [1.29, 1.82) is 0 Å². The van der Waals surface area contributed by atoms with Crippen LogP contribution in [-0.4, -0.2) is 43.3 Å². The highest BCUT2D eigenvalue weighted by molar-refractivity contribution is 5.80. The van der Waals surface area contributed by atoms with Crippen LogP contribution in [0.4, 0.5) is 36.4 Å². The number of hydrogen-bond acceptors (Lipinski definition) is 5. The number of para-hydroxylation sites is 1. The third-order valence-electron chi connectivity index (χ3n) is 5.66. The zero-order valence-corrected chi connectivity index (χ0v) is 19.8. The number of rotatable bonds is 8. The molecule has 4 rings (SSSR count). The van der Waals surface area contributed by atoms with E-state index in [4.69, 9.17) is 4.74 Å². The van der Waals surface area contributed by atoms with E-state index in [1.54, 1.807) is 35.2 Å². The number of benzene rings is 3. The lowest BCUT2D eigenvalue weighted by atomic mass is 9.98.